The standard InChI is InChI=1S/C17H32N2O/c1-2-12-18-16-10-13-19(14-11-16)17(20)9-8-15-6-4-3-5-7-15/h15-16,18H,2-14H2,1H3. The maximum Gasteiger partial charge on any atom is 0.222 e. The number of carbonyl (C=O) groups is 1. The lowest BCUT2D eigenvalue weighted by molar-refractivity contribution is -0.132. The second kappa shape index (κ2) is 8.66. The number of piperidine rings is 1. The first kappa shape index (κ1) is 15.8. The average molecular weight is 280 g/mol. The Labute approximate surface area is 124 Å². The fraction of sp³-hybridized carbons (Fsp3) is 0.941. The Morgan fingerprint density at radius 2 is 1.80 bits per heavy atom. The molecule has 0 radical (unpaired) electrons. The normalized spacial score (nSPS) is 22.1. The second-order valence-corrected chi connectivity index (χ2v) is 6.65. The molecule has 2 aliphatic rings. The van der Waals surface area contributed by atoms with Crippen LogP contribution < -0.4 is 5.32 Å². The summed E-state index contributed by atoms with van der Waals surface area (Å²) in [6, 6.07) is 0.636. The zero-order valence-electron chi connectivity index (χ0n) is 13.2. The summed E-state index contributed by atoms with van der Waals surface area (Å²) < 4.78 is 0. The number of nitrogens with one attached hydrogen (secondary N) is 1. The van der Waals surface area contributed by atoms with Crippen molar-refractivity contribution in [3.63, 3.8) is 0 Å². The third-order valence-corrected chi connectivity index (χ3v) is 5.02. The molecule has 2 rings (SSSR count). The summed E-state index contributed by atoms with van der Waals surface area (Å²) in [6.45, 7) is 5.24. The van der Waals surface area contributed by atoms with E-state index in [1.165, 1.54) is 38.5 Å². The van der Waals surface area contributed by atoms with Gasteiger partial charge in [0, 0.05) is 25.6 Å². The van der Waals surface area contributed by atoms with Crippen molar-refractivity contribution in [2.24, 2.45) is 5.92 Å². The molecule has 0 unspecified atom stereocenters. The van der Waals surface area contributed by atoms with Gasteiger partial charge in [-0.2, -0.15) is 0 Å². The summed E-state index contributed by atoms with van der Waals surface area (Å²) in [5.74, 6) is 1.24. The Morgan fingerprint density at radius 3 is 2.45 bits per heavy atom. The molecular formula is C17H32N2O. The molecule has 1 N–H and O–H groups in total. The van der Waals surface area contributed by atoms with Crippen LogP contribution in [0.25, 0.3) is 0 Å². The lowest BCUT2D eigenvalue weighted by atomic mass is 9.86. The third-order valence-electron chi connectivity index (χ3n) is 5.02. The first-order valence-electron chi connectivity index (χ1n) is 8.80. The minimum atomic E-state index is 0.407. The monoisotopic (exact) mass is 280 g/mol. The zero-order valence-corrected chi connectivity index (χ0v) is 13.2. The van der Waals surface area contributed by atoms with E-state index >= 15 is 0 Å². The van der Waals surface area contributed by atoms with Gasteiger partial charge < -0.3 is 10.2 Å². The highest BCUT2D eigenvalue weighted by Gasteiger charge is 2.23. The maximum atomic E-state index is 12.3. The molecule has 1 heterocycles. The van der Waals surface area contributed by atoms with Crippen LogP contribution in [0.5, 0.6) is 0 Å². The van der Waals surface area contributed by atoms with E-state index in [-0.39, 0.29) is 0 Å². The Balaban J connectivity index is 1.61. The molecule has 0 aromatic carbocycles. The molecule has 0 atom stereocenters. The molecule has 20 heavy (non-hydrogen) atoms. The summed E-state index contributed by atoms with van der Waals surface area (Å²) >= 11 is 0. The highest BCUT2D eigenvalue weighted by Crippen LogP contribution is 2.27. The summed E-state index contributed by atoms with van der Waals surface area (Å²) in [6.07, 6.45) is 12.3. The van der Waals surface area contributed by atoms with E-state index in [9.17, 15) is 4.79 Å². The van der Waals surface area contributed by atoms with Gasteiger partial charge in [-0.3, -0.25) is 4.79 Å². The van der Waals surface area contributed by atoms with Crippen molar-refractivity contribution >= 4 is 5.91 Å². The van der Waals surface area contributed by atoms with Crippen molar-refractivity contribution in [1.82, 2.24) is 10.2 Å². The van der Waals surface area contributed by atoms with Gasteiger partial charge in [0.1, 0.15) is 0 Å². The topological polar surface area (TPSA) is 32.3 Å². The van der Waals surface area contributed by atoms with Gasteiger partial charge in [-0.05, 0) is 38.1 Å². The van der Waals surface area contributed by atoms with Gasteiger partial charge in [0.15, 0.2) is 0 Å². The van der Waals surface area contributed by atoms with E-state index in [0.29, 0.717) is 11.9 Å². The molecule has 1 saturated heterocycles. The van der Waals surface area contributed by atoms with Crippen LogP contribution in [-0.2, 0) is 4.79 Å². The predicted octanol–water partition coefficient (Wildman–Crippen LogP) is 3.34. The van der Waals surface area contributed by atoms with Crippen LogP contribution in [0.1, 0.15) is 71.1 Å². The van der Waals surface area contributed by atoms with Gasteiger partial charge in [0.05, 0.1) is 0 Å². The average Bonchev–Trinajstić information content (AvgIpc) is 2.52. The van der Waals surface area contributed by atoms with Crippen LogP contribution in [-0.4, -0.2) is 36.5 Å². The summed E-state index contributed by atoms with van der Waals surface area (Å²) in [5, 5.41) is 3.58. The van der Waals surface area contributed by atoms with E-state index in [1.807, 2.05) is 0 Å². The van der Waals surface area contributed by atoms with Crippen molar-refractivity contribution in [3.05, 3.63) is 0 Å². The van der Waals surface area contributed by atoms with Crippen LogP contribution in [0, 0.1) is 5.92 Å². The lowest BCUT2D eigenvalue weighted by Crippen LogP contribution is -2.45. The maximum absolute atomic E-state index is 12.3. The van der Waals surface area contributed by atoms with Crippen LogP contribution in [0.2, 0.25) is 0 Å². The molecule has 116 valence electrons. The third kappa shape index (κ3) is 5.08. The van der Waals surface area contributed by atoms with E-state index in [2.05, 4.69) is 17.1 Å². The minimum Gasteiger partial charge on any atom is -0.343 e. The number of rotatable bonds is 6. The van der Waals surface area contributed by atoms with Gasteiger partial charge in [-0.15, -0.1) is 0 Å². The number of carbonyl (C=O) groups excluding carboxylic acids is 1. The van der Waals surface area contributed by atoms with Crippen LogP contribution in [0.4, 0.5) is 0 Å². The molecule has 3 heteroatoms. The number of amides is 1. The summed E-state index contributed by atoms with van der Waals surface area (Å²) in [7, 11) is 0. The molecule has 1 aliphatic heterocycles. The first-order valence-corrected chi connectivity index (χ1v) is 8.80. The van der Waals surface area contributed by atoms with E-state index in [4.69, 9.17) is 0 Å². The Kier molecular flexibility index (Phi) is 6.85. The van der Waals surface area contributed by atoms with Crippen LogP contribution >= 0.6 is 0 Å². The van der Waals surface area contributed by atoms with Gasteiger partial charge >= 0.3 is 0 Å². The van der Waals surface area contributed by atoms with E-state index in [0.717, 1.165) is 51.2 Å². The molecule has 1 aliphatic carbocycles. The molecule has 0 aromatic heterocycles. The van der Waals surface area contributed by atoms with E-state index < -0.39 is 0 Å². The first-order chi connectivity index (χ1) is 9.79. The van der Waals surface area contributed by atoms with Crippen molar-refractivity contribution in [2.45, 2.75) is 77.2 Å². The number of likely N-dealkylation sites (tertiary alicyclic amines) is 1. The van der Waals surface area contributed by atoms with Crippen molar-refractivity contribution < 1.29 is 4.79 Å². The van der Waals surface area contributed by atoms with Gasteiger partial charge in [0.2, 0.25) is 5.91 Å². The molecule has 3 nitrogen and oxygen atoms in total. The molecule has 1 amide bonds. The smallest absolute Gasteiger partial charge is 0.222 e. The van der Waals surface area contributed by atoms with Crippen LogP contribution in [0.15, 0.2) is 0 Å². The number of hydrogen-bond donors (Lipinski definition) is 1. The molecular weight excluding hydrogens is 248 g/mol. The Hall–Kier alpha value is -0.570. The SMILES string of the molecule is CCCNC1CCN(C(=O)CCC2CCCCC2)CC1. The second-order valence-electron chi connectivity index (χ2n) is 6.65. The molecule has 0 aromatic rings. The molecule has 0 bridgehead atoms. The zero-order chi connectivity index (χ0) is 14.2. The molecule has 0 spiro atoms. The highest BCUT2D eigenvalue weighted by molar-refractivity contribution is 5.76. The quantitative estimate of drug-likeness (QED) is 0.809. The fourth-order valence-corrected chi connectivity index (χ4v) is 3.64. The molecule has 2 fully saturated rings. The Morgan fingerprint density at radius 1 is 1.10 bits per heavy atom. The Bertz CT molecular complexity index is 279. The predicted molar refractivity (Wildman–Crippen MR) is 83.7 cm³/mol. The largest absolute Gasteiger partial charge is 0.343 e. The van der Waals surface area contributed by atoms with Crippen molar-refractivity contribution in [2.75, 3.05) is 19.6 Å². The lowest BCUT2D eigenvalue weighted by Gasteiger charge is -2.33. The minimum absolute atomic E-state index is 0.407. The molecule has 1 saturated carbocycles. The summed E-state index contributed by atoms with van der Waals surface area (Å²) in [4.78, 5) is 14.4. The fourth-order valence-electron chi connectivity index (χ4n) is 3.64. The summed E-state index contributed by atoms with van der Waals surface area (Å²) in [5.41, 5.74) is 0. The number of nitrogens with zero attached hydrogens (tertiary/aromatic N) is 1. The van der Waals surface area contributed by atoms with Crippen molar-refractivity contribution in [3.8, 4) is 0 Å². The van der Waals surface area contributed by atoms with Crippen LogP contribution in [0.3, 0.4) is 0 Å². The number of hydrogen-bond acceptors (Lipinski definition) is 2. The van der Waals surface area contributed by atoms with E-state index in [1.54, 1.807) is 0 Å². The highest BCUT2D eigenvalue weighted by atomic mass is 16.2. The van der Waals surface area contributed by atoms with Gasteiger partial charge in [0.25, 0.3) is 0 Å². The van der Waals surface area contributed by atoms with Gasteiger partial charge in [-0.25, -0.2) is 0 Å². The van der Waals surface area contributed by atoms with Gasteiger partial charge in [-0.1, -0.05) is 39.0 Å². The van der Waals surface area contributed by atoms with Crippen molar-refractivity contribution in [1.29, 1.82) is 0 Å².